The number of nitrogens with two attached hydrogens (primary N) is 2. The van der Waals surface area contributed by atoms with E-state index in [2.05, 4.69) is 29.3 Å². The molecule has 8 N–H and O–H groups in total. The normalized spacial score (nSPS) is 29.0. The van der Waals surface area contributed by atoms with Gasteiger partial charge in [-0.25, -0.2) is 4.79 Å². The fourth-order valence-electron chi connectivity index (χ4n) is 8.20. The van der Waals surface area contributed by atoms with Crippen molar-refractivity contribution >= 4 is 29.7 Å². The maximum atomic E-state index is 13.3. The van der Waals surface area contributed by atoms with Gasteiger partial charge >= 0.3 is 12.1 Å². The fraction of sp³-hybridized carbons (Fsp3) is 0.594. The first-order chi connectivity index (χ1) is 21.8. The third kappa shape index (κ3) is 5.57. The standard InChI is InChI=1S/C32H45N7O7/c1-5-16-39(4)17-12-31-25-20-8-9-23(26(25)46-27(31)22(41)10-11-32(31,44)24(39)18-20)45-30(43)38(3)15-14-35-28(42)21(37-19(2)40)7-6-13-36-29(33)34/h5,8-9,21,24,27,44H,1,6-7,10-18H2,2-4H3,(H5-,33,34,35,36,37,40,42)/p+2/t21-,24-,27-,31-,32+,39?/m0/s1. The summed E-state index contributed by atoms with van der Waals surface area (Å²) in [6.45, 7) is 7.44. The van der Waals surface area contributed by atoms with Crippen molar-refractivity contribution in [2.45, 2.75) is 74.7 Å². The van der Waals surface area contributed by atoms with Gasteiger partial charge < -0.3 is 34.6 Å². The predicted molar refractivity (Wildman–Crippen MR) is 168 cm³/mol. The third-order valence-corrected chi connectivity index (χ3v) is 10.4. The van der Waals surface area contributed by atoms with Gasteiger partial charge in [-0.05, 0) is 37.0 Å². The summed E-state index contributed by atoms with van der Waals surface area (Å²) in [4.78, 5) is 55.0. The predicted octanol–water partition coefficient (Wildman–Crippen LogP) is -2.07. The van der Waals surface area contributed by atoms with Crippen LogP contribution in [-0.2, 0) is 26.2 Å². The number of quaternary nitrogens is 1. The molecule has 14 nitrogen and oxygen atoms in total. The van der Waals surface area contributed by atoms with Crippen molar-refractivity contribution in [1.82, 2.24) is 15.5 Å². The van der Waals surface area contributed by atoms with Crippen molar-refractivity contribution in [2.75, 3.05) is 46.8 Å². The van der Waals surface area contributed by atoms with Gasteiger partial charge in [0.15, 0.2) is 23.4 Å². The van der Waals surface area contributed by atoms with Crippen molar-refractivity contribution in [2.24, 2.45) is 11.5 Å². The molecule has 46 heavy (non-hydrogen) atoms. The molecule has 14 heteroatoms. The summed E-state index contributed by atoms with van der Waals surface area (Å²) in [6.07, 6.45) is 3.03. The Morgan fingerprint density at radius 1 is 1.33 bits per heavy atom. The average molecular weight is 642 g/mol. The van der Waals surface area contributed by atoms with Gasteiger partial charge in [-0.1, -0.05) is 12.6 Å². The number of rotatable bonds is 12. The van der Waals surface area contributed by atoms with Crippen LogP contribution < -0.4 is 36.6 Å². The monoisotopic (exact) mass is 641 g/mol. The minimum atomic E-state index is -1.15. The van der Waals surface area contributed by atoms with Gasteiger partial charge in [0.05, 0.1) is 32.1 Å². The van der Waals surface area contributed by atoms with Gasteiger partial charge in [-0.15, -0.1) is 0 Å². The SMILES string of the molecule is C=CC[N+]1(C)CC[C@]23c4c5ccc(OC(=O)N(C)CCNC(=O)[C@H](CCC[NH+]=C(N)N)NC(C)=O)c4O[C@H]2C(=O)CC[C@@]3(O)[C@@H]1C5. The van der Waals surface area contributed by atoms with Crippen LogP contribution in [0.4, 0.5) is 4.79 Å². The van der Waals surface area contributed by atoms with Crippen LogP contribution in [0.15, 0.2) is 24.8 Å². The molecule has 2 fully saturated rings. The van der Waals surface area contributed by atoms with Crippen LogP contribution in [0.1, 0.15) is 50.2 Å². The lowest BCUT2D eigenvalue weighted by Gasteiger charge is -2.64. The van der Waals surface area contributed by atoms with E-state index in [0.717, 1.165) is 17.7 Å². The van der Waals surface area contributed by atoms with Crippen molar-refractivity contribution < 1.29 is 43.2 Å². The van der Waals surface area contributed by atoms with E-state index in [1.807, 2.05) is 12.1 Å². The van der Waals surface area contributed by atoms with Crippen LogP contribution in [0.5, 0.6) is 11.5 Å². The fourth-order valence-corrected chi connectivity index (χ4v) is 8.20. The Bertz CT molecular complexity index is 1460. The van der Waals surface area contributed by atoms with E-state index in [1.54, 1.807) is 13.1 Å². The van der Waals surface area contributed by atoms with Gasteiger partial charge in [0.25, 0.3) is 0 Å². The van der Waals surface area contributed by atoms with Crippen LogP contribution in [0.2, 0.25) is 0 Å². The van der Waals surface area contributed by atoms with Crippen LogP contribution >= 0.6 is 0 Å². The second kappa shape index (κ2) is 12.6. The molecule has 6 atom stereocenters. The molecule has 4 aliphatic rings. The highest BCUT2D eigenvalue weighted by Gasteiger charge is 2.76. The summed E-state index contributed by atoms with van der Waals surface area (Å²) >= 11 is 0. The van der Waals surface area contributed by atoms with Gasteiger partial charge in [-0.2, -0.15) is 0 Å². The summed E-state index contributed by atoms with van der Waals surface area (Å²) < 4.78 is 12.8. The Morgan fingerprint density at radius 3 is 2.78 bits per heavy atom. The Morgan fingerprint density at radius 2 is 2.09 bits per heavy atom. The van der Waals surface area contributed by atoms with E-state index >= 15 is 0 Å². The lowest BCUT2D eigenvalue weighted by Crippen LogP contribution is -2.80. The van der Waals surface area contributed by atoms with E-state index in [9.17, 15) is 24.3 Å². The number of likely N-dealkylation sites (N-methyl/N-ethyl adjacent to an activating group) is 2. The number of likely N-dealkylation sites (tertiary alicyclic amines) is 1. The second-order valence-corrected chi connectivity index (χ2v) is 13.3. The van der Waals surface area contributed by atoms with Crippen LogP contribution in [0.25, 0.3) is 0 Å². The number of benzene rings is 1. The minimum Gasteiger partial charge on any atom is -0.477 e. The number of Topliss-reactive ketones (excluding diaryl/α,β-unsaturated/α-hetero) is 1. The van der Waals surface area contributed by atoms with E-state index < -0.39 is 29.3 Å². The smallest absolute Gasteiger partial charge is 0.415 e. The summed E-state index contributed by atoms with van der Waals surface area (Å²) in [5, 5.41) is 17.9. The average Bonchev–Trinajstić information content (AvgIpc) is 3.36. The van der Waals surface area contributed by atoms with E-state index in [4.69, 9.17) is 20.9 Å². The number of aliphatic hydroxyl groups is 1. The number of piperidine rings is 1. The number of ketones is 1. The van der Waals surface area contributed by atoms with E-state index in [-0.39, 0.29) is 54.9 Å². The van der Waals surface area contributed by atoms with Gasteiger partial charge in [0.2, 0.25) is 11.8 Å². The maximum Gasteiger partial charge on any atom is 0.415 e. The molecular weight excluding hydrogens is 594 g/mol. The number of guanidine groups is 1. The van der Waals surface area contributed by atoms with Crippen LogP contribution in [0.3, 0.4) is 0 Å². The van der Waals surface area contributed by atoms with Gasteiger partial charge in [0, 0.05) is 51.9 Å². The third-order valence-electron chi connectivity index (χ3n) is 10.4. The molecule has 0 radical (unpaired) electrons. The Kier molecular flexibility index (Phi) is 9.06. The summed E-state index contributed by atoms with van der Waals surface area (Å²) in [7, 11) is 3.69. The quantitative estimate of drug-likeness (QED) is 0.0488. The maximum absolute atomic E-state index is 13.3. The molecule has 1 saturated carbocycles. The van der Waals surface area contributed by atoms with E-state index in [1.165, 1.54) is 11.8 Å². The first-order valence-electron chi connectivity index (χ1n) is 15.9. The zero-order valence-electron chi connectivity index (χ0n) is 26.9. The molecule has 1 spiro atoms. The minimum absolute atomic E-state index is 0.0480. The molecule has 250 valence electrons. The first-order valence-corrected chi connectivity index (χ1v) is 15.9. The number of hydrogen-bond acceptors (Lipinski definition) is 7. The zero-order valence-corrected chi connectivity index (χ0v) is 26.9. The number of nitrogens with one attached hydrogen (secondary N) is 3. The molecule has 1 unspecified atom stereocenters. The molecule has 1 saturated heterocycles. The Labute approximate surface area is 268 Å². The van der Waals surface area contributed by atoms with Crippen molar-refractivity contribution in [3.63, 3.8) is 0 Å². The lowest BCUT2D eigenvalue weighted by molar-refractivity contribution is -0.944. The number of amides is 3. The van der Waals surface area contributed by atoms with Crippen LogP contribution in [0, 0.1) is 0 Å². The molecular formula is C32H47N7O7+2. The van der Waals surface area contributed by atoms with Crippen LogP contribution in [-0.4, -0.2) is 115 Å². The summed E-state index contributed by atoms with van der Waals surface area (Å²) in [5.74, 6) is -0.148. The molecule has 2 aliphatic heterocycles. The number of ether oxygens (including phenoxy) is 2. The number of carbonyl (C=O) groups excluding carboxylic acids is 4. The summed E-state index contributed by atoms with van der Waals surface area (Å²) in [5.41, 5.74) is 10.5. The van der Waals surface area contributed by atoms with Crippen molar-refractivity contribution in [1.29, 1.82) is 0 Å². The number of carbonyl (C=O) groups is 4. The summed E-state index contributed by atoms with van der Waals surface area (Å²) in [6, 6.07) is 2.73. The topological polar surface area (TPSA) is 200 Å². The van der Waals surface area contributed by atoms with Gasteiger partial charge in [0.1, 0.15) is 17.7 Å². The molecule has 2 aliphatic carbocycles. The second-order valence-electron chi connectivity index (χ2n) is 13.3. The molecule has 5 rings (SSSR count). The highest BCUT2D eigenvalue weighted by molar-refractivity contribution is 5.90. The molecule has 1 aromatic carbocycles. The molecule has 0 aromatic heterocycles. The Balaban J connectivity index is 1.28. The molecule has 1 aromatic rings. The van der Waals surface area contributed by atoms with E-state index in [0.29, 0.717) is 55.4 Å². The molecule has 2 bridgehead atoms. The van der Waals surface area contributed by atoms with Gasteiger partial charge in [-0.3, -0.25) is 30.8 Å². The lowest BCUT2D eigenvalue weighted by atomic mass is 9.48. The Hall–Kier alpha value is -4.17. The van der Waals surface area contributed by atoms with Crippen molar-refractivity contribution in [3.05, 3.63) is 35.9 Å². The highest BCUT2D eigenvalue weighted by Crippen LogP contribution is 2.65. The van der Waals surface area contributed by atoms with Crippen molar-refractivity contribution in [3.8, 4) is 11.5 Å². The largest absolute Gasteiger partial charge is 0.477 e. The number of hydrogen-bond donors (Lipinski definition) is 6. The highest BCUT2D eigenvalue weighted by atomic mass is 16.6. The zero-order chi connectivity index (χ0) is 33.4. The molecule has 3 amide bonds. The number of nitrogens with zero attached hydrogens (tertiary/aromatic N) is 2. The first kappa shape index (κ1) is 33.2. The molecule has 2 heterocycles.